The zero-order valence-electron chi connectivity index (χ0n) is 17.4. The molecule has 0 spiro atoms. The van der Waals surface area contributed by atoms with Gasteiger partial charge < -0.3 is 25.4 Å². The molecule has 0 bridgehead atoms. The van der Waals surface area contributed by atoms with Crippen LogP contribution in [0, 0.1) is 0 Å². The third-order valence-electron chi connectivity index (χ3n) is 5.32. The molecule has 2 aromatic rings. The second-order valence-corrected chi connectivity index (χ2v) is 9.22. The minimum absolute atomic E-state index is 0.324. The Kier molecular flexibility index (Phi) is 7.00. The molecule has 7 atom stereocenters. The molecule has 4 rings (SSSR count). The number of aromatic amines is 1. The first kappa shape index (κ1) is 24.3. The topological polar surface area (TPSA) is 199 Å². The van der Waals surface area contributed by atoms with E-state index in [1.807, 2.05) is 4.98 Å². The normalized spacial score (nSPS) is 33.5. The third-order valence-corrected chi connectivity index (χ3v) is 6.73. The van der Waals surface area contributed by atoms with Gasteiger partial charge in [-0.3, -0.25) is 27.9 Å². The van der Waals surface area contributed by atoms with Gasteiger partial charge in [0.1, 0.15) is 24.4 Å². The van der Waals surface area contributed by atoms with Crippen molar-refractivity contribution < 1.29 is 43.0 Å². The number of aliphatic hydroxyl groups excluding tert-OH is 2. The van der Waals surface area contributed by atoms with Gasteiger partial charge in [0.05, 0.1) is 19.3 Å². The fourth-order valence-corrected chi connectivity index (χ4v) is 5.09. The first-order valence-electron chi connectivity index (χ1n) is 10.1. The van der Waals surface area contributed by atoms with E-state index in [9.17, 15) is 29.2 Å². The lowest BCUT2D eigenvalue weighted by atomic mass is 10.0. The number of benzene rings is 1. The molecule has 2 aliphatic heterocycles. The Labute approximate surface area is 191 Å². The van der Waals surface area contributed by atoms with E-state index in [-0.39, 0.29) is 6.61 Å². The molecular weight excluding hydrogens is 477 g/mol. The van der Waals surface area contributed by atoms with Crippen molar-refractivity contribution in [3.8, 4) is 0 Å². The number of ether oxygens (including phenoxy) is 1. The molecule has 184 valence electrons. The van der Waals surface area contributed by atoms with Gasteiger partial charge in [-0.1, -0.05) is 30.3 Å². The molecule has 2 aliphatic rings. The number of nitrogens with one attached hydrogen (secondary N) is 2. The van der Waals surface area contributed by atoms with E-state index in [0.29, 0.717) is 5.56 Å². The molecule has 5 N–H and O–H groups in total. The Morgan fingerprint density at radius 2 is 1.94 bits per heavy atom. The number of carbonyl (C=O) groups is 1. The first-order valence-corrected chi connectivity index (χ1v) is 11.6. The molecule has 15 heteroatoms. The number of phosphoric ester groups is 1. The fourth-order valence-electron chi connectivity index (χ4n) is 3.67. The predicted molar refractivity (Wildman–Crippen MR) is 112 cm³/mol. The highest BCUT2D eigenvalue weighted by atomic mass is 31.2. The number of aliphatic hydroxyl groups is 2. The molecular formula is C19H22N3O11P. The van der Waals surface area contributed by atoms with Gasteiger partial charge in [-0.05, 0) is 5.56 Å². The van der Waals surface area contributed by atoms with Crippen LogP contribution in [0.15, 0.2) is 52.2 Å². The number of hydrogen-bond donors (Lipinski definition) is 5. The summed E-state index contributed by atoms with van der Waals surface area (Å²) in [5, 5.41) is 32.0. The van der Waals surface area contributed by atoms with Crippen molar-refractivity contribution in [1.29, 1.82) is 0 Å². The Bertz CT molecular complexity index is 1190. The third kappa shape index (κ3) is 5.13. The van der Waals surface area contributed by atoms with E-state index >= 15 is 0 Å². The van der Waals surface area contributed by atoms with Crippen molar-refractivity contribution in [2.24, 2.45) is 0 Å². The molecule has 14 nitrogen and oxygen atoms in total. The van der Waals surface area contributed by atoms with Crippen molar-refractivity contribution in [2.45, 2.75) is 36.7 Å². The fraction of sp³-hybridized carbons (Fsp3) is 0.421. The van der Waals surface area contributed by atoms with E-state index in [1.54, 1.807) is 30.3 Å². The number of H-pyrrole nitrogens is 1. The molecule has 2 fully saturated rings. The Morgan fingerprint density at radius 3 is 2.62 bits per heavy atom. The molecule has 4 unspecified atom stereocenters. The highest BCUT2D eigenvalue weighted by Crippen LogP contribution is 2.57. The monoisotopic (exact) mass is 499 g/mol. The van der Waals surface area contributed by atoms with Gasteiger partial charge in [0, 0.05) is 12.3 Å². The van der Waals surface area contributed by atoms with Crippen molar-refractivity contribution >= 4 is 13.9 Å². The maximum absolute atomic E-state index is 13.1. The lowest BCUT2D eigenvalue weighted by molar-refractivity contribution is -0.0633. The number of nitrogens with zero attached hydrogens (tertiary/aromatic N) is 1. The van der Waals surface area contributed by atoms with E-state index in [4.69, 9.17) is 23.4 Å². The lowest BCUT2D eigenvalue weighted by Crippen LogP contribution is -2.45. The average Bonchev–Trinajstić information content (AvgIpc) is 3.08. The van der Waals surface area contributed by atoms with Crippen molar-refractivity contribution in [1.82, 2.24) is 14.9 Å². The maximum Gasteiger partial charge on any atom is 0.475 e. The zero-order valence-corrected chi connectivity index (χ0v) is 18.3. The van der Waals surface area contributed by atoms with Gasteiger partial charge in [0.15, 0.2) is 6.23 Å². The van der Waals surface area contributed by atoms with Crippen LogP contribution in [0.1, 0.15) is 17.9 Å². The van der Waals surface area contributed by atoms with E-state index in [2.05, 4.69) is 5.32 Å². The number of rotatable bonds is 6. The summed E-state index contributed by atoms with van der Waals surface area (Å²) in [4.78, 5) is 36.4. The molecule has 1 amide bonds. The molecule has 34 heavy (non-hydrogen) atoms. The number of carboxylic acid groups (broad SMARTS) is 1. The molecule has 1 aromatic carbocycles. The second-order valence-electron chi connectivity index (χ2n) is 7.60. The molecule has 0 saturated carbocycles. The van der Waals surface area contributed by atoms with E-state index < -0.39 is 68.5 Å². The summed E-state index contributed by atoms with van der Waals surface area (Å²) in [5.41, 5.74) is -0.985. The highest BCUT2D eigenvalue weighted by molar-refractivity contribution is 7.48. The standard InChI is InChI=1S/C19H22N3O11P/c23-13-6-7-22(18(26)21-13)17-15(25)14(24)12(32-17)9-31-34(29)30-8-11(20-19(27)28)16(33-34)10-4-2-1-3-5-10/h1-7,11-12,14-17,20,24-25H,8-9H2,(H,27,28)(H,21,23,26)/t11-,12?,14?,15?,16+,17?,34+/m0/s1. The van der Waals surface area contributed by atoms with Crippen LogP contribution < -0.4 is 16.6 Å². The number of hydrogen-bond acceptors (Lipinski definition) is 10. The van der Waals surface area contributed by atoms with E-state index in [0.717, 1.165) is 16.8 Å². The lowest BCUT2D eigenvalue weighted by Gasteiger charge is -2.35. The van der Waals surface area contributed by atoms with Crippen LogP contribution >= 0.6 is 7.82 Å². The summed E-state index contributed by atoms with van der Waals surface area (Å²) in [7, 11) is -4.24. The van der Waals surface area contributed by atoms with Gasteiger partial charge in [0.2, 0.25) is 0 Å². The molecule has 0 aliphatic carbocycles. The van der Waals surface area contributed by atoms with Gasteiger partial charge in [0.25, 0.3) is 5.56 Å². The van der Waals surface area contributed by atoms with Crippen molar-refractivity contribution in [2.75, 3.05) is 13.2 Å². The van der Waals surface area contributed by atoms with Gasteiger partial charge in [-0.25, -0.2) is 14.2 Å². The van der Waals surface area contributed by atoms with Gasteiger partial charge in [-0.2, -0.15) is 0 Å². The molecule has 1 aromatic heterocycles. The van der Waals surface area contributed by atoms with E-state index in [1.165, 1.54) is 0 Å². The van der Waals surface area contributed by atoms with Crippen LogP contribution in [0.5, 0.6) is 0 Å². The first-order chi connectivity index (χ1) is 16.2. The van der Waals surface area contributed by atoms with Crippen molar-refractivity contribution in [3.05, 3.63) is 69.0 Å². The van der Waals surface area contributed by atoms with Crippen LogP contribution in [-0.2, 0) is 22.9 Å². The van der Waals surface area contributed by atoms with Gasteiger partial charge >= 0.3 is 19.6 Å². The summed E-state index contributed by atoms with van der Waals surface area (Å²) in [6, 6.07) is 8.61. The van der Waals surface area contributed by atoms with Crippen molar-refractivity contribution in [3.63, 3.8) is 0 Å². The van der Waals surface area contributed by atoms with Crippen LogP contribution in [0.3, 0.4) is 0 Å². The van der Waals surface area contributed by atoms with Crippen LogP contribution in [0.4, 0.5) is 4.79 Å². The van der Waals surface area contributed by atoms with Crippen LogP contribution in [0.2, 0.25) is 0 Å². The summed E-state index contributed by atoms with van der Waals surface area (Å²) in [5.74, 6) is 0. The minimum Gasteiger partial charge on any atom is -0.465 e. The molecule has 3 heterocycles. The zero-order chi connectivity index (χ0) is 24.5. The predicted octanol–water partition coefficient (Wildman–Crippen LogP) is -0.295. The summed E-state index contributed by atoms with van der Waals surface area (Å²) < 4.78 is 35.5. The largest absolute Gasteiger partial charge is 0.475 e. The number of amides is 1. The number of aromatic nitrogens is 2. The smallest absolute Gasteiger partial charge is 0.465 e. The van der Waals surface area contributed by atoms with Crippen LogP contribution in [0.25, 0.3) is 0 Å². The Hall–Kier alpha value is -2.84. The maximum atomic E-state index is 13.1. The Morgan fingerprint density at radius 1 is 1.21 bits per heavy atom. The Balaban J connectivity index is 1.46. The quantitative estimate of drug-likeness (QED) is 0.327. The number of phosphoric acid groups is 1. The average molecular weight is 499 g/mol. The van der Waals surface area contributed by atoms with Gasteiger partial charge in [-0.15, -0.1) is 0 Å². The second kappa shape index (κ2) is 9.80. The van der Waals surface area contributed by atoms with Crippen LogP contribution in [-0.4, -0.2) is 68.5 Å². The summed E-state index contributed by atoms with van der Waals surface area (Å²) in [6.45, 7) is -0.877. The SMILES string of the molecule is O=C(O)N[C@H]1CO[P@](=O)(OCC2OC(n3ccc(=O)[nH]c3=O)C(O)C2O)O[C@@H]1c1ccccc1. The molecule has 2 saturated heterocycles. The molecule has 0 radical (unpaired) electrons. The summed E-state index contributed by atoms with van der Waals surface area (Å²) in [6.07, 6.45) is -6.90. The highest BCUT2D eigenvalue weighted by Gasteiger charge is 2.47. The summed E-state index contributed by atoms with van der Waals surface area (Å²) >= 11 is 0. The minimum atomic E-state index is -4.24.